The number of nitrogens with one attached hydrogen (secondary N) is 2. The third-order valence-corrected chi connectivity index (χ3v) is 3.11. The van der Waals surface area contributed by atoms with Gasteiger partial charge in [-0.25, -0.2) is 4.79 Å². The Bertz CT molecular complexity index is 475. The van der Waals surface area contributed by atoms with E-state index in [0.29, 0.717) is 0 Å². The molecule has 8 heteroatoms. The van der Waals surface area contributed by atoms with E-state index in [1.54, 1.807) is 5.32 Å². The average molecular weight is 306 g/mol. The van der Waals surface area contributed by atoms with Crippen molar-refractivity contribution < 1.29 is 22.8 Å². The number of alkyl halides is 3. The number of rotatable bonds is 4. The quantitative estimate of drug-likeness (QED) is 0.840. The SMILES string of the molecule is Cc1ccc(SCC(=O)NC(=O)NCC(F)(F)F)cc1. The molecular weight excluding hydrogens is 293 g/mol. The standard InChI is InChI=1S/C12H13F3N2O2S/c1-8-2-4-9(5-3-8)20-6-10(18)17-11(19)16-7-12(13,14)15/h2-5H,6-7H2,1H3,(H2,16,17,18,19). The molecule has 1 aromatic carbocycles. The van der Waals surface area contributed by atoms with E-state index in [4.69, 9.17) is 0 Å². The lowest BCUT2D eigenvalue weighted by atomic mass is 10.2. The summed E-state index contributed by atoms with van der Waals surface area (Å²) in [6.07, 6.45) is -4.50. The molecule has 4 nitrogen and oxygen atoms in total. The van der Waals surface area contributed by atoms with Gasteiger partial charge in [-0.2, -0.15) is 13.2 Å². The van der Waals surface area contributed by atoms with Crippen molar-refractivity contribution in [2.45, 2.75) is 18.0 Å². The van der Waals surface area contributed by atoms with Crippen molar-refractivity contribution >= 4 is 23.7 Å². The highest BCUT2D eigenvalue weighted by Gasteiger charge is 2.27. The molecule has 0 aromatic heterocycles. The van der Waals surface area contributed by atoms with E-state index in [2.05, 4.69) is 0 Å². The summed E-state index contributed by atoms with van der Waals surface area (Å²) in [5.74, 6) is -0.710. The summed E-state index contributed by atoms with van der Waals surface area (Å²) in [7, 11) is 0. The van der Waals surface area contributed by atoms with Crippen LogP contribution >= 0.6 is 11.8 Å². The zero-order valence-corrected chi connectivity index (χ0v) is 11.4. The largest absolute Gasteiger partial charge is 0.405 e. The van der Waals surface area contributed by atoms with E-state index < -0.39 is 24.7 Å². The number of halogens is 3. The number of carbonyl (C=O) groups is 2. The highest BCUT2D eigenvalue weighted by atomic mass is 32.2. The lowest BCUT2D eigenvalue weighted by Gasteiger charge is -2.09. The van der Waals surface area contributed by atoms with Crippen LogP contribution in [0.25, 0.3) is 0 Å². The van der Waals surface area contributed by atoms with Crippen molar-refractivity contribution in [3.8, 4) is 0 Å². The molecule has 0 radical (unpaired) electrons. The monoisotopic (exact) mass is 306 g/mol. The highest BCUT2D eigenvalue weighted by Crippen LogP contribution is 2.17. The maximum atomic E-state index is 11.8. The maximum Gasteiger partial charge on any atom is 0.405 e. The van der Waals surface area contributed by atoms with Crippen LogP contribution in [0.3, 0.4) is 0 Å². The molecule has 1 rings (SSSR count). The van der Waals surface area contributed by atoms with Gasteiger partial charge in [-0.3, -0.25) is 10.1 Å². The number of imide groups is 1. The number of hydrogen-bond donors (Lipinski definition) is 2. The Balaban J connectivity index is 2.29. The zero-order valence-electron chi connectivity index (χ0n) is 10.6. The van der Waals surface area contributed by atoms with Crippen LogP contribution in [0.4, 0.5) is 18.0 Å². The molecule has 0 fully saturated rings. The second-order valence-electron chi connectivity index (χ2n) is 3.95. The molecule has 0 atom stereocenters. The highest BCUT2D eigenvalue weighted by molar-refractivity contribution is 8.00. The fraction of sp³-hybridized carbons (Fsp3) is 0.333. The first-order valence-electron chi connectivity index (χ1n) is 5.60. The van der Waals surface area contributed by atoms with Gasteiger partial charge in [-0.05, 0) is 19.1 Å². The average Bonchev–Trinajstić information content (AvgIpc) is 2.35. The van der Waals surface area contributed by atoms with Gasteiger partial charge in [0, 0.05) is 4.90 Å². The number of aryl methyl sites for hydroxylation is 1. The van der Waals surface area contributed by atoms with E-state index in [-0.39, 0.29) is 5.75 Å². The molecule has 110 valence electrons. The number of carbonyl (C=O) groups excluding carboxylic acids is 2. The van der Waals surface area contributed by atoms with E-state index >= 15 is 0 Å². The molecule has 2 N–H and O–H groups in total. The predicted octanol–water partition coefficient (Wildman–Crippen LogP) is 2.48. The minimum absolute atomic E-state index is 0.0531. The first-order valence-corrected chi connectivity index (χ1v) is 6.59. The summed E-state index contributed by atoms with van der Waals surface area (Å²) >= 11 is 1.19. The number of urea groups is 1. The first-order chi connectivity index (χ1) is 9.26. The smallest absolute Gasteiger partial charge is 0.329 e. The normalized spacial score (nSPS) is 11.0. The van der Waals surface area contributed by atoms with Crippen LogP contribution in [0.5, 0.6) is 0 Å². The molecule has 0 bridgehead atoms. The van der Waals surface area contributed by atoms with Crippen LogP contribution in [-0.4, -0.2) is 30.4 Å². The third-order valence-electron chi connectivity index (χ3n) is 2.09. The second kappa shape index (κ2) is 7.18. The van der Waals surface area contributed by atoms with E-state index in [1.165, 1.54) is 11.8 Å². The van der Waals surface area contributed by atoms with Crippen molar-refractivity contribution in [2.24, 2.45) is 0 Å². The fourth-order valence-electron chi connectivity index (χ4n) is 1.17. The molecule has 0 aliphatic heterocycles. The van der Waals surface area contributed by atoms with Crippen LogP contribution in [0.2, 0.25) is 0 Å². The predicted molar refractivity (Wildman–Crippen MR) is 69.5 cm³/mol. The number of benzene rings is 1. The molecule has 0 heterocycles. The van der Waals surface area contributed by atoms with Gasteiger partial charge in [0.05, 0.1) is 5.75 Å². The van der Waals surface area contributed by atoms with Crippen molar-refractivity contribution in [3.05, 3.63) is 29.8 Å². The van der Waals surface area contributed by atoms with Crippen molar-refractivity contribution in [1.29, 1.82) is 0 Å². The Morgan fingerprint density at radius 3 is 2.35 bits per heavy atom. The summed E-state index contributed by atoms with van der Waals surface area (Å²) in [5.41, 5.74) is 1.07. The summed E-state index contributed by atoms with van der Waals surface area (Å²) in [6.45, 7) is 0.448. The Morgan fingerprint density at radius 1 is 1.20 bits per heavy atom. The molecule has 20 heavy (non-hydrogen) atoms. The number of thioether (sulfide) groups is 1. The van der Waals surface area contributed by atoms with Gasteiger partial charge in [0.25, 0.3) is 0 Å². The van der Waals surface area contributed by atoms with Crippen LogP contribution in [-0.2, 0) is 4.79 Å². The summed E-state index contributed by atoms with van der Waals surface area (Å²) in [5, 5.41) is 3.38. The Kier molecular flexibility index (Phi) is 5.87. The first kappa shape index (κ1) is 16.4. The Labute approximate surface area is 118 Å². The maximum absolute atomic E-state index is 11.8. The minimum atomic E-state index is -4.50. The topological polar surface area (TPSA) is 58.2 Å². The fourth-order valence-corrected chi connectivity index (χ4v) is 1.87. The molecular formula is C12H13F3N2O2S. The molecule has 0 aliphatic carbocycles. The van der Waals surface area contributed by atoms with E-state index in [1.807, 2.05) is 36.5 Å². The molecule has 1 aromatic rings. The van der Waals surface area contributed by atoms with E-state index in [0.717, 1.165) is 10.5 Å². The van der Waals surface area contributed by atoms with Crippen molar-refractivity contribution in [3.63, 3.8) is 0 Å². The van der Waals surface area contributed by atoms with Gasteiger partial charge in [-0.15, -0.1) is 11.8 Å². The number of hydrogen-bond acceptors (Lipinski definition) is 3. The van der Waals surface area contributed by atoms with Gasteiger partial charge in [0.2, 0.25) is 5.91 Å². The lowest BCUT2D eigenvalue weighted by Crippen LogP contribution is -2.43. The van der Waals surface area contributed by atoms with Gasteiger partial charge in [0.15, 0.2) is 0 Å². The molecule has 0 unspecified atom stereocenters. The lowest BCUT2D eigenvalue weighted by molar-refractivity contribution is -0.124. The van der Waals surface area contributed by atoms with Crippen LogP contribution < -0.4 is 10.6 Å². The van der Waals surface area contributed by atoms with Crippen molar-refractivity contribution in [2.75, 3.05) is 12.3 Å². The van der Waals surface area contributed by atoms with Crippen LogP contribution in [0, 0.1) is 6.92 Å². The molecule has 0 saturated carbocycles. The molecule has 0 aliphatic rings. The van der Waals surface area contributed by atoms with E-state index in [9.17, 15) is 22.8 Å². The summed E-state index contributed by atoms with van der Waals surface area (Å²) < 4.78 is 35.5. The summed E-state index contributed by atoms with van der Waals surface area (Å²) in [4.78, 5) is 23.2. The molecule has 0 saturated heterocycles. The van der Waals surface area contributed by atoms with Gasteiger partial charge < -0.3 is 5.32 Å². The molecule has 3 amide bonds. The second-order valence-corrected chi connectivity index (χ2v) is 5.00. The third kappa shape index (κ3) is 7.03. The zero-order chi connectivity index (χ0) is 15.2. The summed E-state index contributed by atoms with van der Waals surface area (Å²) in [6, 6.07) is 6.22. The number of amides is 3. The van der Waals surface area contributed by atoms with Crippen LogP contribution in [0.1, 0.15) is 5.56 Å². The minimum Gasteiger partial charge on any atom is -0.329 e. The van der Waals surface area contributed by atoms with Gasteiger partial charge in [-0.1, -0.05) is 17.7 Å². The Hall–Kier alpha value is -1.70. The van der Waals surface area contributed by atoms with Gasteiger partial charge in [0.1, 0.15) is 6.54 Å². The van der Waals surface area contributed by atoms with Gasteiger partial charge >= 0.3 is 12.2 Å². The Morgan fingerprint density at radius 2 is 1.80 bits per heavy atom. The molecule has 0 spiro atoms. The van der Waals surface area contributed by atoms with Crippen molar-refractivity contribution in [1.82, 2.24) is 10.6 Å². The van der Waals surface area contributed by atoms with Crippen LogP contribution in [0.15, 0.2) is 29.2 Å².